The van der Waals surface area contributed by atoms with Gasteiger partial charge < -0.3 is 16.0 Å². The van der Waals surface area contributed by atoms with Crippen molar-refractivity contribution in [3.05, 3.63) is 94.2 Å². The molecular formula is C27H23F4N5OS. The van der Waals surface area contributed by atoms with Crippen LogP contribution < -0.4 is 16.7 Å². The van der Waals surface area contributed by atoms with Gasteiger partial charge in [0.15, 0.2) is 5.13 Å². The standard InChI is InChI=1S/C27H23F4N5OS/c1-36-22-13-16(8-11-21(22)34-26(36)37)24-23(19-4-2-3-5-20(19)28)35-25(38-24)33-14-18(32)12-15-6-9-17(10-7-15)27(29,30)31/h2-11,13,18H,12,14,32H2,1H3,(H,33,35)(H,34,37)/t18-/m1/s1. The van der Waals surface area contributed by atoms with E-state index < -0.39 is 23.6 Å². The summed E-state index contributed by atoms with van der Waals surface area (Å²) >= 11 is 1.32. The van der Waals surface area contributed by atoms with Crippen LogP contribution in [-0.2, 0) is 19.6 Å². The van der Waals surface area contributed by atoms with Gasteiger partial charge in [-0.15, -0.1) is 0 Å². The summed E-state index contributed by atoms with van der Waals surface area (Å²) in [6, 6.07) is 16.4. The van der Waals surface area contributed by atoms with E-state index in [-0.39, 0.29) is 5.69 Å². The fourth-order valence-corrected chi connectivity index (χ4v) is 5.20. The molecule has 5 rings (SSSR count). The zero-order valence-electron chi connectivity index (χ0n) is 20.1. The van der Waals surface area contributed by atoms with E-state index >= 15 is 0 Å². The molecule has 0 radical (unpaired) electrons. The van der Waals surface area contributed by atoms with Gasteiger partial charge in [0.1, 0.15) is 5.82 Å². The van der Waals surface area contributed by atoms with Gasteiger partial charge in [-0.3, -0.25) is 4.57 Å². The van der Waals surface area contributed by atoms with Crippen LogP contribution in [0.5, 0.6) is 0 Å². The summed E-state index contributed by atoms with van der Waals surface area (Å²) < 4.78 is 54.7. The quantitative estimate of drug-likeness (QED) is 0.227. The minimum absolute atomic E-state index is 0.236. The lowest BCUT2D eigenvalue weighted by molar-refractivity contribution is -0.137. The molecule has 3 aromatic carbocycles. The summed E-state index contributed by atoms with van der Waals surface area (Å²) in [5.41, 5.74) is 8.93. The van der Waals surface area contributed by atoms with Crippen molar-refractivity contribution in [3.63, 3.8) is 0 Å². The van der Waals surface area contributed by atoms with Crippen LogP contribution in [0.15, 0.2) is 71.5 Å². The molecule has 0 fully saturated rings. The number of nitrogens with one attached hydrogen (secondary N) is 2. The van der Waals surface area contributed by atoms with Gasteiger partial charge in [0, 0.05) is 25.2 Å². The second-order valence-corrected chi connectivity index (χ2v) is 9.94. The van der Waals surface area contributed by atoms with Crippen molar-refractivity contribution < 1.29 is 17.6 Å². The van der Waals surface area contributed by atoms with Crippen molar-refractivity contribution in [1.29, 1.82) is 0 Å². The third kappa shape index (κ3) is 5.20. The Labute approximate surface area is 218 Å². The minimum atomic E-state index is -4.39. The Kier molecular flexibility index (Phi) is 6.80. The largest absolute Gasteiger partial charge is 0.416 e. The molecular weight excluding hydrogens is 518 g/mol. The minimum Gasteiger partial charge on any atom is -0.360 e. The lowest BCUT2D eigenvalue weighted by Crippen LogP contribution is -2.31. The van der Waals surface area contributed by atoms with Gasteiger partial charge in [0.2, 0.25) is 0 Å². The molecule has 1 atom stereocenters. The fraction of sp³-hybridized carbons (Fsp3) is 0.185. The van der Waals surface area contributed by atoms with Crippen molar-refractivity contribution >= 4 is 27.5 Å². The molecule has 0 unspecified atom stereocenters. The summed E-state index contributed by atoms with van der Waals surface area (Å²) in [6.45, 7) is 0.302. The number of aryl methyl sites for hydroxylation is 1. The number of imidazole rings is 1. The van der Waals surface area contributed by atoms with Crippen LogP contribution >= 0.6 is 11.3 Å². The van der Waals surface area contributed by atoms with Gasteiger partial charge in [-0.1, -0.05) is 41.7 Å². The Bertz CT molecular complexity index is 1650. The second kappa shape index (κ2) is 10.1. The molecule has 4 N–H and O–H groups in total. The lowest BCUT2D eigenvalue weighted by atomic mass is 10.0. The molecule has 196 valence electrons. The van der Waals surface area contributed by atoms with E-state index in [2.05, 4.69) is 15.3 Å². The molecule has 6 nitrogen and oxygen atoms in total. The summed E-state index contributed by atoms with van der Waals surface area (Å²) in [7, 11) is 1.67. The molecule has 11 heteroatoms. The molecule has 5 aromatic rings. The topological polar surface area (TPSA) is 88.7 Å². The van der Waals surface area contributed by atoms with Crippen molar-refractivity contribution in [2.24, 2.45) is 12.8 Å². The molecule has 0 spiro atoms. The molecule has 0 saturated heterocycles. The van der Waals surface area contributed by atoms with Crippen LogP contribution in [0.4, 0.5) is 22.7 Å². The van der Waals surface area contributed by atoms with Crippen LogP contribution in [0.25, 0.3) is 32.7 Å². The van der Waals surface area contributed by atoms with Gasteiger partial charge in [0.25, 0.3) is 0 Å². The van der Waals surface area contributed by atoms with Gasteiger partial charge in [-0.25, -0.2) is 14.2 Å². The summed E-state index contributed by atoms with van der Waals surface area (Å²) in [4.78, 5) is 20.2. The molecule has 2 aromatic heterocycles. The lowest BCUT2D eigenvalue weighted by Gasteiger charge is -2.13. The maximum Gasteiger partial charge on any atom is 0.416 e. The number of thiazole rings is 1. The average Bonchev–Trinajstić information content (AvgIpc) is 3.43. The smallest absolute Gasteiger partial charge is 0.360 e. The number of anilines is 1. The Morgan fingerprint density at radius 3 is 2.55 bits per heavy atom. The summed E-state index contributed by atoms with van der Waals surface area (Å²) in [5, 5.41) is 3.71. The molecule has 0 saturated carbocycles. The van der Waals surface area contributed by atoms with Gasteiger partial charge in [-0.2, -0.15) is 13.2 Å². The first-order chi connectivity index (χ1) is 18.1. The molecule has 2 heterocycles. The maximum atomic E-state index is 14.8. The second-order valence-electron chi connectivity index (χ2n) is 8.94. The highest BCUT2D eigenvalue weighted by Crippen LogP contribution is 2.40. The van der Waals surface area contributed by atoms with Crippen molar-refractivity contribution in [3.8, 4) is 21.7 Å². The third-order valence-electron chi connectivity index (χ3n) is 6.22. The van der Waals surface area contributed by atoms with E-state index in [0.29, 0.717) is 50.8 Å². The number of benzene rings is 3. The number of halogens is 4. The normalized spacial score (nSPS) is 12.7. The monoisotopic (exact) mass is 541 g/mol. The Balaban J connectivity index is 1.41. The Hall–Kier alpha value is -3.96. The fourth-order valence-electron chi connectivity index (χ4n) is 4.21. The number of hydrogen-bond acceptors (Lipinski definition) is 5. The highest BCUT2D eigenvalue weighted by Gasteiger charge is 2.30. The molecule has 38 heavy (non-hydrogen) atoms. The number of aromatic nitrogens is 3. The first-order valence-electron chi connectivity index (χ1n) is 11.7. The van der Waals surface area contributed by atoms with Crippen LogP contribution in [0.3, 0.4) is 0 Å². The number of fused-ring (bicyclic) bond motifs is 1. The molecule has 0 aliphatic carbocycles. The average molecular weight is 542 g/mol. The molecule has 0 aliphatic heterocycles. The van der Waals surface area contributed by atoms with Crippen molar-refractivity contribution in [2.75, 3.05) is 11.9 Å². The first-order valence-corrected chi connectivity index (χ1v) is 12.5. The van der Waals surface area contributed by atoms with E-state index in [9.17, 15) is 22.4 Å². The molecule has 0 bridgehead atoms. The number of alkyl halides is 3. The van der Waals surface area contributed by atoms with Crippen molar-refractivity contribution in [2.45, 2.75) is 18.6 Å². The number of aromatic amines is 1. The SMILES string of the molecule is Cn1c(=O)[nH]c2ccc(-c3sc(NC[C@H](N)Cc4ccc(C(F)(F)F)cc4)nc3-c3ccccc3F)cc21. The number of nitrogens with two attached hydrogens (primary N) is 1. The zero-order chi connectivity index (χ0) is 27.0. The number of rotatable bonds is 7. The highest BCUT2D eigenvalue weighted by atomic mass is 32.1. The zero-order valence-corrected chi connectivity index (χ0v) is 21.0. The van der Waals surface area contributed by atoms with Crippen LogP contribution in [0.1, 0.15) is 11.1 Å². The summed E-state index contributed by atoms with van der Waals surface area (Å²) in [6.07, 6.45) is -4.03. The van der Waals surface area contributed by atoms with Gasteiger partial charge >= 0.3 is 11.9 Å². The van der Waals surface area contributed by atoms with Gasteiger partial charge in [0.05, 0.1) is 27.2 Å². The van der Waals surface area contributed by atoms with Crippen LogP contribution in [0, 0.1) is 5.82 Å². The Morgan fingerprint density at radius 1 is 1.11 bits per heavy atom. The predicted molar refractivity (Wildman–Crippen MR) is 142 cm³/mol. The molecule has 0 aliphatic rings. The van der Waals surface area contributed by atoms with Gasteiger partial charge in [-0.05, 0) is 53.9 Å². The highest BCUT2D eigenvalue weighted by molar-refractivity contribution is 7.19. The van der Waals surface area contributed by atoms with Crippen molar-refractivity contribution in [1.82, 2.24) is 14.5 Å². The van der Waals surface area contributed by atoms with E-state index in [1.807, 2.05) is 12.1 Å². The number of hydrogen-bond donors (Lipinski definition) is 3. The van der Waals surface area contributed by atoms with E-state index in [1.54, 1.807) is 31.3 Å². The number of nitrogens with zero attached hydrogens (tertiary/aromatic N) is 2. The number of H-pyrrole nitrogens is 1. The summed E-state index contributed by atoms with van der Waals surface area (Å²) in [5.74, 6) is -0.417. The van der Waals surface area contributed by atoms with E-state index in [4.69, 9.17) is 5.73 Å². The maximum absolute atomic E-state index is 14.8. The predicted octanol–water partition coefficient (Wildman–Crippen LogP) is 5.80. The van der Waals surface area contributed by atoms with E-state index in [0.717, 1.165) is 17.7 Å². The first kappa shape index (κ1) is 25.7. The third-order valence-corrected chi connectivity index (χ3v) is 7.28. The Morgan fingerprint density at radius 2 is 1.84 bits per heavy atom. The van der Waals surface area contributed by atoms with Crippen LogP contribution in [-0.4, -0.2) is 27.1 Å². The molecule has 0 amide bonds. The van der Waals surface area contributed by atoms with Crippen LogP contribution in [0.2, 0.25) is 0 Å². The van der Waals surface area contributed by atoms with E-state index in [1.165, 1.54) is 34.1 Å².